The fourth-order valence-corrected chi connectivity index (χ4v) is 4.20. The molecule has 1 nitrogen and oxygen atoms in total. The number of aryl methyl sites for hydroxylation is 1. The molecule has 1 atom stereocenters. The van der Waals surface area contributed by atoms with E-state index in [2.05, 4.69) is 59.8 Å². The molecular formula is C20H21NS. The summed E-state index contributed by atoms with van der Waals surface area (Å²) in [5.74, 6) is 3.80. The van der Waals surface area contributed by atoms with Gasteiger partial charge in [0.05, 0.1) is 6.54 Å². The average Bonchev–Trinajstić information content (AvgIpc) is 2.98. The molecule has 0 spiro atoms. The van der Waals surface area contributed by atoms with E-state index >= 15 is 0 Å². The normalized spacial score (nSPS) is 16.2. The maximum Gasteiger partial charge on any atom is 0.0578 e. The van der Waals surface area contributed by atoms with Crippen LogP contribution in [-0.4, -0.2) is 12.3 Å². The minimum atomic E-state index is 0.431. The summed E-state index contributed by atoms with van der Waals surface area (Å²) in [4.78, 5) is 1.44. The molecule has 0 saturated heterocycles. The molecule has 0 saturated carbocycles. The molecule has 0 amide bonds. The second-order valence-electron chi connectivity index (χ2n) is 5.58. The van der Waals surface area contributed by atoms with Gasteiger partial charge in [0.2, 0.25) is 0 Å². The highest BCUT2D eigenvalue weighted by atomic mass is 32.2. The molecule has 112 valence electrons. The van der Waals surface area contributed by atoms with Gasteiger partial charge < -0.3 is 0 Å². The number of fused-ring (bicyclic) bond motifs is 1. The standard InChI is InChI=1S/C20H21NS/c1-2-14-21-19-12-11-18-17(19)9-6-10-20(18)22-15-13-16-7-4-3-5-8-16/h1,3-10,19,21H,11-15H2. The fourth-order valence-electron chi connectivity index (χ4n) is 3.07. The van der Waals surface area contributed by atoms with Crippen molar-refractivity contribution in [1.29, 1.82) is 0 Å². The maximum atomic E-state index is 5.36. The molecule has 1 N–H and O–H groups in total. The Bertz CT molecular complexity index is 657. The summed E-state index contributed by atoms with van der Waals surface area (Å²) in [6, 6.07) is 17.8. The van der Waals surface area contributed by atoms with Gasteiger partial charge in [-0.25, -0.2) is 0 Å². The van der Waals surface area contributed by atoms with Gasteiger partial charge in [0.25, 0.3) is 0 Å². The number of hydrogen-bond acceptors (Lipinski definition) is 2. The number of nitrogens with one attached hydrogen (secondary N) is 1. The predicted molar refractivity (Wildman–Crippen MR) is 95.2 cm³/mol. The molecule has 0 aromatic heterocycles. The fraction of sp³-hybridized carbons (Fsp3) is 0.300. The number of benzene rings is 2. The van der Waals surface area contributed by atoms with Crippen molar-refractivity contribution in [3.63, 3.8) is 0 Å². The van der Waals surface area contributed by atoms with Gasteiger partial charge in [-0.15, -0.1) is 18.2 Å². The highest BCUT2D eigenvalue weighted by Gasteiger charge is 2.23. The van der Waals surface area contributed by atoms with Crippen molar-refractivity contribution in [2.75, 3.05) is 12.3 Å². The Kier molecular flexibility index (Phi) is 5.21. The van der Waals surface area contributed by atoms with Crippen molar-refractivity contribution in [2.45, 2.75) is 30.2 Å². The topological polar surface area (TPSA) is 12.0 Å². The minimum Gasteiger partial charge on any atom is -0.299 e. The molecule has 0 heterocycles. The van der Waals surface area contributed by atoms with E-state index in [9.17, 15) is 0 Å². The molecule has 1 aliphatic rings. The van der Waals surface area contributed by atoms with Crippen molar-refractivity contribution >= 4 is 11.8 Å². The molecule has 0 radical (unpaired) electrons. The van der Waals surface area contributed by atoms with Crippen molar-refractivity contribution < 1.29 is 0 Å². The molecule has 0 aliphatic heterocycles. The number of rotatable bonds is 6. The lowest BCUT2D eigenvalue weighted by atomic mass is 10.1. The number of hydrogen-bond donors (Lipinski definition) is 1. The first kappa shape index (κ1) is 15.2. The molecule has 1 unspecified atom stereocenters. The molecule has 22 heavy (non-hydrogen) atoms. The Morgan fingerprint density at radius 3 is 2.82 bits per heavy atom. The second kappa shape index (κ2) is 7.54. The van der Waals surface area contributed by atoms with Crippen molar-refractivity contribution in [3.8, 4) is 12.3 Å². The lowest BCUT2D eigenvalue weighted by molar-refractivity contribution is 0.568. The van der Waals surface area contributed by atoms with Gasteiger partial charge in [-0.05, 0) is 42.0 Å². The van der Waals surface area contributed by atoms with Crippen LogP contribution in [-0.2, 0) is 12.8 Å². The molecule has 2 aromatic carbocycles. The van der Waals surface area contributed by atoms with Gasteiger partial charge in [0, 0.05) is 16.7 Å². The van der Waals surface area contributed by atoms with Crippen molar-refractivity contribution in [3.05, 3.63) is 65.2 Å². The first-order valence-corrected chi connectivity index (χ1v) is 8.82. The van der Waals surface area contributed by atoms with Crippen LogP contribution in [0.25, 0.3) is 0 Å². The monoisotopic (exact) mass is 307 g/mol. The van der Waals surface area contributed by atoms with Crippen LogP contribution in [0.15, 0.2) is 53.4 Å². The van der Waals surface area contributed by atoms with Gasteiger partial charge in [0.15, 0.2) is 0 Å². The van der Waals surface area contributed by atoms with Crippen LogP contribution in [0.2, 0.25) is 0 Å². The third kappa shape index (κ3) is 3.55. The average molecular weight is 307 g/mol. The Balaban J connectivity index is 1.63. The molecular weight excluding hydrogens is 286 g/mol. The van der Waals surface area contributed by atoms with E-state index in [0.29, 0.717) is 12.6 Å². The molecule has 0 fully saturated rings. The second-order valence-corrected chi connectivity index (χ2v) is 6.72. The number of thioether (sulfide) groups is 1. The third-order valence-electron chi connectivity index (χ3n) is 4.17. The van der Waals surface area contributed by atoms with Crippen LogP contribution >= 0.6 is 11.8 Å². The van der Waals surface area contributed by atoms with Gasteiger partial charge in [-0.1, -0.05) is 48.4 Å². The van der Waals surface area contributed by atoms with Gasteiger partial charge in [0.1, 0.15) is 0 Å². The SMILES string of the molecule is C#CCNC1CCc2c(SCCc3ccccc3)cccc21. The minimum absolute atomic E-state index is 0.431. The Morgan fingerprint density at radius 1 is 1.14 bits per heavy atom. The highest BCUT2D eigenvalue weighted by molar-refractivity contribution is 7.99. The zero-order valence-electron chi connectivity index (χ0n) is 12.7. The summed E-state index contributed by atoms with van der Waals surface area (Å²) >= 11 is 1.98. The Labute approximate surface area is 137 Å². The van der Waals surface area contributed by atoms with E-state index in [1.165, 1.54) is 21.6 Å². The summed E-state index contributed by atoms with van der Waals surface area (Å²) in [6.45, 7) is 0.648. The van der Waals surface area contributed by atoms with Crippen LogP contribution < -0.4 is 5.32 Å². The maximum absolute atomic E-state index is 5.36. The van der Waals surface area contributed by atoms with Crippen molar-refractivity contribution in [1.82, 2.24) is 5.32 Å². The van der Waals surface area contributed by atoms with E-state index in [-0.39, 0.29) is 0 Å². The summed E-state index contributed by atoms with van der Waals surface area (Å²) < 4.78 is 0. The predicted octanol–water partition coefficient (Wildman–Crippen LogP) is 4.23. The lowest BCUT2D eigenvalue weighted by Gasteiger charge is -2.13. The third-order valence-corrected chi connectivity index (χ3v) is 5.27. The van der Waals surface area contributed by atoms with E-state index in [0.717, 1.165) is 25.0 Å². The Hall–Kier alpha value is -1.69. The van der Waals surface area contributed by atoms with E-state index in [1.807, 2.05) is 11.8 Å². The van der Waals surface area contributed by atoms with Gasteiger partial charge >= 0.3 is 0 Å². The Morgan fingerprint density at radius 2 is 2.00 bits per heavy atom. The largest absolute Gasteiger partial charge is 0.299 e. The van der Waals surface area contributed by atoms with Crippen LogP contribution in [0.4, 0.5) is 0 Å². The summed E-state index contributed by atoms with van der Waals surface area (Å²) in [5.41, 5.74) is 4.38. The summed E-state index contributed by atoms with van der Waals surface area (Å²) in [5, 5.41) is 3.45. The van der Waals surface area contributed by atoms with E-state index < -0.39 is 0 Å². The smallest absolute Gasteiger partial charge is 0.0578 e. The van der Waals surface area contributed by atoms with Gasteiger partial charge in [-0.3, -0.25) is 5.32 Å². The first-order valence-electron chi connectivity index (χ1n) is 7.84. The van der Waals surface area contributed by atoms with Crippen LogP contribution in [0, 0.1) is 12.3 Å². The van der Waals surface area contributed by atoms with Crippen molar-refractivity contribution in [2.24, 2.45) is 0 Å². The first-order chi connectivity index (χ1) is 10.9. The molecule has 1 aliphatic carbocycles. The zero-order valence-corrected chi connectivity index (χ0v) is 13.5. The summed E-state index contributed by atoms with van der Waals surface area (Å²) in [7, 11) is 0. The lowest BCUT2D eigenvalue weighted by Crippen LogP contribution is -2.19. The van der Waals surface area contributed by atoms with Gasteiger partial charge in [-0.2, -0.15) is 0 Å². The van der Waals surface area contributed by atoms with Crippen LogP contribution in [0.1, 0.15) is 29.2 Å². The molecule has 0 bridgehead atoms. The van der Waals surface area contributed by atoms with Crippen LogP contribution in [0.3, 0.4) is 0 Å². The molecule has 2 heteroatoms. The number of terminal acetylenes is 1. The zero-order chi connectivity index (χ0) is 15.2. The van der Waals surface area contributed by atoms with E-state index in [1.54, 1.807) is 0 Å². The van der Waals surface area contributed by atoms with Crippen LogP contribution in [0.5, 0.6) is 0 Å². The summed E-state index contributed by atoms with van der Waals surface area (Å²) in [6.07, 6.45) is 8.80. The van der Waals surface area contributed by atoms with E-state index in [4.69, 9.17) is 6.42 Å². The quantitative estimate of drug-likeness (QED) is 0.633. The molecule has 2 aromatic rings. The molecule has 3 rings (SSSR count). The highest BCUT2D eigenvalue weighted by Crippen LogP contribution is 2.37.